The maximum atomic E-state index is 12.7. The van der Waals surface area contributed by atoms with Crippen molar-refractivity contribution in [3.8, 4) is 28.6 Å². The van der Waals surface area contributed by atoms with Crippen LogP contribution in [0.3, 0.4) is 0 Å². The number of halogens is 1. The molecule has 3 aromatic rings. The van der Waals surface area contributed by atoms with E-state index >= 15 is 0 Å². The van der Waals surface area contributed by atoms with E-state index in [1.165, 1.54) is 21.3 Å². The Bertz CT molecular complexity index is 979. The molecule has 1 N–H and O–H groups in total. The van der Waals surface area contributed by atoms with Gasteiger partial charge in [0, 0.05) is 16.1 Å². The third-order valence-electron chi connectivity index (χ3n) is 4.19. The molecule has 1 atom stereocenters. The van der Waals surface area contributed by atoms with Crippen LogP contribution in [0, 0.1) is 0 Å². The summed E-state index contributed by atoms with van der Waals surface area (Å²) >= 11 is 5.90. The van der Waals surface area contributed by atoms with Crippen molar-refractivity contribution in [1.29, 1.82) is 0 Å². The summed E-state index contributed by atoms with van der Waals surface area (Å²) in [7, 11) is 4.46. The van der Waals surface area contributed by atoms with Crippen LogP contribution in [0.15, 0.2) is 40.9 Å². The number of hydrogen-bond donors (Lipinski definition) is 1. The van der Waals surface area contributed by atoms with E-state index in [1.807, 2.05) is 0 Å². The first-order valence-electron chi connectivity index (χ1n) is 8.67. The molecule has 0 saturated carbocycles. The molecule has 0 spiro atoms. The van der Waals surface area contributed by atoms with Crippen molar-refractivity contribution in [2.24, 2.45) is 0 Å². The summed E-state index contributed by atoms with van der Waals surface area (Å²) in [5, 5.41) is 7.39. The predicted molar refractivity (Wildman–Crippen MR) is 107 cm³/mol. The summed E-state index contributed by atoms with van der Waals surface area (Å²) in [5.74, 6) is 1.49. The number of hydrogen-bond acceptors (Lipinski definition) is 7. The second-order valence-corrected chi connectivity index (χ2v) is 6.51. The van der Waals surface area contributed by atoms with Crippen molar-refractivity contribution >= 4 is 17.5 Å². The van der Waals surface area contributed by atoms with Gasteiger partial charge in [0.2, 0.25) is 17.5 Å². The molecular weight excluding hydrogens is 398 g/mol. The van der Waals surface area contributed by atoms with Crippen molar-refractivity contribution in [2.75, 3.05) is 21.3 Å². The minimum Gasteiger partial charge on any atom is -0.493 e. The first-order chi connectivity index (χ1) is 14.0. The Balaban J connectivity index is 1.78. The molecule has 0 saturated heterocycles. The minimum atomic E-state index is -0.518. The van der Waals surface area contributed by atoms with Crippen molar-refractivity contribution in [3.05, 3.63) is 52.9 Å². The summed E-state index contributed by atoms with van der Waals surface area (Å²) in [6.45, 7) is 1.75. The molecule has 1 heterocycles. The van der Waals surface area contributed by atoms with Gasteiger partial charge in [-0.1, -0.05) is 16.8 Å². The molecule has 1 aromatic heterocycles. The number of nitrogens with one attached hydrogen (secondary N) is 1. The SMILES string of the molecule is COc1cc(C(=O)NC(C)c2nc(-c3ccc(Cl)cc3)no2)cc(OC)c1OC. The molecule has 0 aliphatic carbocycles. The highest BCUT2D eigenvalue weighted by Crippen LogP contribution is 2.38. The zero-order chi connectivity index (χ0) is 21.0. The number of carbonyl (C=O) groups is 1. The highest BCUT2D eigenvalue weighted by atomic mass is 35.5. The number of methoxy groups -OCH3 is 3. The molecule has 9 heteroatoms. The van der Waals surface area contributed by atoms with Gasteiger partial charge in [-0.3, -0.25) is 4.79 Å². The van der Waals surface area contributed by atoms with Crippen molar-refractivity contribution in [1.82, 2.24) is 15.5 Å². The van der Waals surface area contributed by atoms with Crippen molar-refractivity contribution in [3.63, 3.8) is 0 Å². The van der Waals surface area contributed by atoms with Crippen LogP contribution in [0.1, 0.15) is 29.2 Å². The number of benzene rings is 2. The van der Waals surface area contributed by atoms with Gasteiger partial charge in [-0.05, 0) is 43.3 Å². The maximum absolute atomic E-state index is 12.7. The first-order valence-corrected chi connectivity index (χ1v) is 9.05. The number of aromatic nitrogens is 2. The van der Waals surface area contributed by atoms with Crippen LogP contribution in [0.4, 0.5) is 0 Å². The normalized spacial score (nSPS) is 11.6. The second kappa shape index (κ2) is 8.83. The molecule has 0 aliphatic heterocycles. The van der Waals surface area contributed by atoms with Gasteiger partial charge in [-0.25, -0.2) is 0 Å². The highest BCUT2D eigenvalue weighted by Gasteiger charge is 2.21. The van der Waals surface area contributed by atoms with Gasteiger partial charge in [0.25, 0.3) is 5.91 Å². The molecule has 2 aromatic carbocycles. The quantitative estimate of drug-likeness (QED) is 0.622. The molecule has 0 bridgehead atoms. The highest BCUT2D eigenvalue weighted by molar-refractivity contribution is 6.30. The van der Waals surface area contributed by atoms with Gasteiger partial charge in [0.15, 0.2) is 11.5 Å². The Morgan fingerprint density at radius 3 is 2.24 bits per heavy atom. The lowest BCUT2D eigenvalue weighted by molar-refractivity contribution is 0.0931. The molecule has 152 valence electrons. The molecule has 3 rings (SSSR count). The van der Waals surface area contributed by atoms with E-state index in [4.69, 9.17) is 30.3 Å². The topological polar surface area (TPSA) is 95.7 Å². The van der Waals surface area contributed by atoms with Crippen LogP contribution < -0.4 is 19.5 Å². The molecule has 1 unspecified atom stereocenters. The van der Waals surface area contributed by atoms with Crippen LogP contribution in [-0.4, -0.2) is 37.4 Å². The van der Waals surface area contributed by atoms with E-state index in [9.17, 15) is 4.79 Å². The molecule has 1 amide bonds. The maximum Gasteiger partial charge on any atom is 0.252 e. The Labute approximate surface area is 172 Å². The van der Waals surface area contributed by atoms with Gasteiger partial charge in [0.05, 0.1) is 21.3 Å². The van der Waals surface area contributed by atoms with Gasteiger partial charge >= 0.3 is 0 Å². The second-order valence-electron chi connectivity index (χ2n) is 6.07. The zero-order valence-electron chi connectivity index (χ0n) is 16.4. The smallest absolute Gasteiger partial charge is 0.252 e. The standard InChI is InChI=1S/C20H20ClN3O5/c1-11(20-23-18(24-29-20)12-5-7-14(21)8-6-12)22-19(25)13-9-15(26-2)17(28-4)16(10-13)27-3/h5-11H,1-4H3,(H,22,25). The fourth-order valence-electron chi connectivity index (χ4n) is 2.68. The summed E-state index contributed by atoms with van der Waals surface area (Å²) in [5.41, 5.74) is 1.09. The van der Waals surface area contributed by atoms with Crippen LogP contribution in [0.2, 0.25) is 5.02 Å². The van der Waals surface area contributed by atoms with E-state index in [0.717, 1.165) is 5.56 Å². The molecule has 8 nitrogen and oxygen atoms in total. The Morgan fingerprint density at radius 2 is 1.69 bits per heavy atom. The lowest BCUT2D eigenvalue weighted by atomic mass is 10.1. The lowest BCUT2D eigenvalue weighted by Crippen LogP contribution is -2.27. The number of carbonyl (C=O) groups excluding carboxylic acids is 1. The largest absolute Gasteiger partial charge is 0.493 e. The van der Waals surface area contributed by atoms with Crippen molar-refractivity contribution < 1.29 is 23.5 Å². The third-order valence-corrected chi connectivity index (χ3v) is 4.44. The molecule has 29 heavy (non-hydrogen) atoms. The molecule has 0 fully saturated rings. The Morgan fingerprint density at radius 1 is 1.07 bits per heavy atom. The molecular formula is C20H20ClN3O5. The minimum absolute atomic E-state index is 0.274. The fourth-order valence-corrected chi connectivity index (χ4v) is 2.81. The van der Waals surface area contributed by atoms with E-state index in [-0.39, 0.29) is 11.8 Å². The Kier molecular flexibility index (Phi) is 6.23. The van der Waals surface area contributed by atoms with E-state index in [2.05, 4.69) is 15.5 Å². The fraction of sp³-hybridized carbons (Fsp3) is 0.250. The number of rotatable bonds is 7. The summed E-state index contributed by atoms with van der Waals surface area (Å²) in [6, 6.07) is 9.67. The number of amides is 1. The van der Waals surface area contributed by atoms with Crippen molar-refractivity contribution in [2.45, 2.75) is 13.0 Å². The summed E-state index contributed by atoms with van der Waals surface area (Å²) < 4.78 is 21.1. The van der Waals surface area contributed by atoms with E-state index < -0.39 is 6.04 Å². The Hall–Kier alpha value is -3.26. The monoisotopic (exact) mass is 417 g/mol. The first kappa shape index (κ1) is 20.5. The third kappa shape index (κ3) is 4.43. The summed E-state index contributed by atoms with van der Waals surface area (Å²) in [4.78, 5) is 17.1. The van der Waals surface area contributed by atoms with Gasteiger partial charge in [-0.2, -0.15) is 4.98 Å². The van der Waals surface area contributed by atoms with Gasteiger partial charge in [0.1, 0.15) is 6.04 Å². The van der Waals surface area contributed by atoms with E-state index in [1.54, 1.807) is 43.3 Å². The number of ether oxygens (including phenoxy) is 3. The van der Waals surface area contributed by atoms with Crippen LogP contribution in [0.25, 0.3) is 11.4 Å². The average Bonchev–Trinajstić information content (AvgIpc) is 3.23. The zero-order valence-corrected chi connectivity index (χ0v) is 17.1. The van der Waals surface area contributed by atoms with Crippen LogP contribution in [0.5, 0.6) is 17.2 Å². The van der Waals surface area contributed by atoms with Gasteiger partial charge < -0.3 is 24.1 Å². The molecule has 0 radical (unpaired) electrons. The predicted octanol–water partition coefficient (Wildman–Crippen LogP) is 3.91. The van der Waals surface area contributed by atoms with Crippen LogP contribution in [-0.2, 0) is 0 Å². The summed E-state index contributed by atoms with van der Waals surface area (Å²) in [6.07, 6.45) is 0. The molecule has 0 aliphatic rings. The average molecular weight is 418 g/mol. The van der Waals surface area contributed by atoms with Crippen LogP contribution >= 0.6 is 11.6 Å². The lowest BCUT2D eigenvalue weighted by Gasteiger charge is -2.15. The van der Waals surface area contributed by atoms with Gasteiger partial charge in [-0.15, -0.1) is 0 Å². The number of nitrogens with zero attached hydrogens (tertiary/aromatic N) is 2. The van der Waals surface area contributed by atoms with E-state index in [0.29, 0.717) is 33.7 Å².